The van der Waals surface area contributed by atoms with Crippen LogP contribution in [0.2, 0.25) is 0 Å². The van der Waals surface area contributed by atoms with Crippen molar-refractivity contribution in [1.29, 1.82) is 0 Å². The maximum Gasteiger partial charge on any atom is 1.00 e. The van der Waals surface area contributed by atoms with Crippen LogP contribution in [-0.4, -0.2) is 16.1 Å². The van der Waals surface area contributed by atoms with E-state index in [0.717, 1.165) is 5.56 Å². The van der Waals surface area contributed by atoms with Crippen molar-refractivity contribution >= 4 is 5.97 Å². The van der Waals surface area contributed by atoms with E-state index in [1.165, 1.54) is 0 Å². The van der Waals surface area contributed by atoms with Gasteiger partial charge in [-0.25, -0.2) is 0 Å². The molecule has 1 N–H and O–H groups in total. The largest absolute Gasteiger partial charge is 1.00 e. The quantitative estimate of drug-likeness (QED) is 0.530. The van der Waals surface area contributed by atoms with Gasteiger partial charge >= 0.3 is 24.8 Å². The van der Waals surface area contributed by atoms with Gasteiger partial charge in [0, 0.05) is 18.8 Å². The Balaban J connectivity index is 0. The monoisotopic (exact) mass is 159 g/mol. The molecule has 1 aromatic rings. The van der Waals surface area contributed by atoms with E-state index in [1.54, 1.807) is 18.5 Å². The number of nitrogens with zero attached hydrogens (tertiary/aromatic N) is 1. The van der Waals surface area contributed by atoms with Gasteiger partial charge < -0.3 is 6.53 Å². The van der Waals surface area contributed by atoms with E-state index in [2.05, 4.69) is 4.98 Å². The second kappa shape index (κ2) is 5.82. The van der Waals surface area contributed by atoms with Crippen LogP contribution in [0.5, 0.6) is 0 Å². The number of aryl methyl sites for hydroxylation is 1. The topological polar surface area (TPSA) is 50.2 Å². The summed E-state index contributed by atoms with van der Waals surface area (Å²) in [6, 6.07) is 3.67. The van der Waals surface area contributed by atoms with Gasteiger partial charge in [0.05, 0.1) is 0 Å². The van der Waals surface area contributed by atoms with Crippen LogP contribution in [0, 0.1) is 0 Å². The molecule has 12 heavy (non-hydrogen) atoms. The molecule has 0 atom stereocenters. The molecule has 0 saturated carbocycles. The van der Waals surface area contributed by atoms with E-state index in [9.17, 15) is 4.79 Å². The zero-order chi connectivity index (χ0) is 8.10. The van der Waals surface area contributed by atoms with Crippen molar-refractivity contribution in [2.24, 2.45) is 0 Å². The van der Waals surface area contributed by atoms with Gasteiger partial charge in [0.25, 0.3) is 0 Å². The zero-order valence-corrected chi connectivity index (χ0v) is 7.03. The van der Waals surface area contributed by atoms with E-state index in [4.69, 9.17) is 5.11 Å². The number of aromatic nitrogens is 1. The molecule has 1 rings (SSSR count). The van der Waals surface area contributed by atoms with Crippen molar-refractivity contribution < 1.29 is 30.2 Å². The number of hydrogen-bond donors (Lipinski definition) is 1. The Labute approximate surface area is 84.5 Å². The van der Waals surface area contributed by atoms with Crippen LogP contribution in [0.15, 0.2) is 24.5 Å². The molecule has 0 aliphatic rings. The van der Waals surface area contributed by atoms with Gasteiger partial charge in [-0.1, -0.05) is 6.07 Å². The molecule has 0 aromatic carbocycles. The van der Waals surface area contributed by atoms with Crippen molar-refractivity contribution in [3.8, 4) is 0 Å². The van der Waals surface area contributed by atoms with E-state index >= 15 is 0 Å². The molecular weight excluding hydrogens is 149 g/mol. The van der Waals surface area contributed by atoms with Gasteiger partial charge in [0.15, 0.2) is 0 Å². The summed E-state index contributed by atoms with van der Waals surface area (Å²) in [4.78, 5) is 14.0. The molecular formula is C8H10LiNO2. The molecule has 0 amide bonds. The summed E-state index contributed by atoms with van der Waals surface area (Å²) >= 11 is 0. The average Bonchev–Trinajstić information content (AvgIpc) is 2.03. The number of pyridine rings is 1. The standard InChI is InChI=1S/C8H9NO2.Li.H/c10-8(11)4-3-7-2-1-5-9-6-7;;/h1-2,5-6H,3-4H2,(H,10,11);;/q;+1;-1. The van der Waals surface area contributed by atoms with Crippen LogP contribution in [0.1, 0.15) is 13.4 Å². The minimum Gasteiger partial charge on any atom is -1.00 e. The van der Waals surface area contributed by atoms with Gasteiger partial charge in [-0.05, 0) is 18.1 Å². The third-order valence-electron chi connectivity index (χ3n) is 1.35. The van der Waals surface area contributed by atoms with E-state index in [0.29, 0.717) is 6.42 Å². The minimum atomic E-state index is -0.770. The number of carboxylic acids is 1. The SMILES string of the molecule is O=C(O)CCc1cccnc1.[H-].[Li+]. The van der Waals surface area contributed by atoms with Crippen molar-refractivity contribution in [2.45, 2.75) is 12.8 Å². The summed E-state index contributed by atoms with van der Waals surface area (Å²) in [5, 5.41) is 8.35. The first-order valence-electron chi connectivity index (χ1n) is 3.40. The Hall–Kier alpha value is -0.783. The van der Waals surface area contributed by atoms with Crippen LogP contribution in [0.3, 0.4) is 0 Å². The Morgan fingerprint density at radius 2 is 2.42 bits per heavy atom. The molecule has 0 unspecified atom stereocenters. The molecule has 0 spiro atoms. The number of rotatable bonds is 3. The Morgan fingerprint density at radius 1 is 1.67 bits per heavy atom. The molecule has 60 valence electrons. The second-order valence-electron chi connectivity index (χ2n) is 2.26. The first-order valence-corrected chi connectivity index (χ1v) is 3.40. The van der Waals surface area contributed by atoms with Gasteiger partial charge in [-0.2, -0.15) is 0 Å². The molecule has 1 heterocycles. The van der Waals surface area contributed by atoms with Crippen molar-refractivity contribution in [2.75, 3.05) is 0 Å². The molecule has 0 radical (unpaired) electrons. The van der Waals surface area contributed by atoms with E-state index in [-0.39, 0.29) is 26.7 Å². The molecule has 0 fully saturated rings. The minimum absolute atomic E-state index is 0. The second-order valence-corrected chi connectivity index (χ2v) is 2.26. The van der Waals surface area contributed by atoms with Crippen LogP contribution in [-0.2, 0) is 11.2 Å². The van der Waals surface area contributed by atoms with Crippen LogP contribution in [0.25, 0.3) is 0 Å². The summed E-state index contributed by atoms with van der Waals surface area (Å²) in [7, 11) is 0. The predicted octanol–water partition coefficient (Wildman–Crippen LogP) is -1.78. The maximum atomic E-state index is 10.2. The molecule has 0 aliphatic heterocycles. The van der Waals surface area contributed by atoms with Gasteiger partial charge in [-0.15, -0.1) is 0 Å². The smallest absolute Gasteiger partial charge is 1.00 e. The van der Waals surface area contributed by atoms with Crippen LogP contribution < -0.4 is 18.9 Å². The number of carboxylic acid groups (broad SMARTS) is 1. The number of aliphatic carboxylic acids is 1. The molecule has 3 nitrogen and oxygen atoms in total. The van der Waals surface area contributed by atoms with Crippen LogP contribution >= 0.6 is 0 Å². The summed E-state index contributed by atoms with van der Waals surface area (Å²) in [6.45, 7) is 0. The van der Waals surface area contributed by atoms with Gasteiger partial charge in [0.2, 0.25) is 0 Å². The van der Waals surface area contributed by atoms with Crippen molar-refractivity contribution in [3.63, 3.8) is 0 Å². The first-order chi connectivity index (χ1) is 5.29. The Morgan fingerprint density at radius 3 is 2.92 bits per heavy atom. The summed E-state index contributed by atoms with van der Waals surface area (Å²) in [6.07, 6.45) is 4.09. The van der Waals surface area contributed by atoms with E-state index in [1.807, 2.05) is 6.07 Å². The fraction of sp³-hybridized carbons (Fsp3) is 0.250. The van der Waals surface area contributed by atoms with E-state index < -0.39 is 5.97 Å². The van der Waals surface area contributed by atoms with Crippen molar-refractivity contribution in [3.05, 3.63) is 30.1 Å². The summed E-state index contributed by atoms with van der Waals surface area (Å²) in [5.74, 6) is -0.770. The maximum absolute atomic E-state index is 10.2. The fourth-order valence-electron chi connectivity index (χ4n) is 0.797. The Kier molecular flexibility index (Phi) is 5.44. The molecule has 0 aliphatic carbocycles. The summed E-state index contributed by atoms with van der Waals surface area (Å²) < 4.78 is 0. The number of hydrogen-bond acceptors (Lipinski definition) is 2. The third-order valence-corrected chi connectivity index (χ3v) is 1.35. The molecule has 4 heteroatoms. The number of carbonyl (C=O) groups is 1. The predicted molar refractivity (Wildman–Crippen MR) is 41.3 cm³/mol. The average molecular weight is 159 g/mol. The normalized spacial score (nSPS) is 8.67. The fourth-order valence-corrected chi connectivity index (χ4v) is 0.797. The molecule has 0 saturated heterocycles. The summed E-state index contributed by atoms with van der Waals surface area (Å²) in [5.41, 5.74) is 0.968. The Bertz CT molecular complexity index is 243. The molecule has 1 aromatic heterocycles. The zero-order valence-electron chi connectivity index (χ0n) is 8.03. The van der Waals surface area contributed by atoms with Crippen molar-refractivity contribution in [1.82, 2.24) is 4.98 Å². The first kappa shape index (κ1) is 11.2. The van der Waals surface area contributed by atoms with Crippen LogP contribution in [0.4, 0.5) is 0 Å². The molecule has 0 bridgehead atoms. The third kappa shape index (κ3) is 4.17. The van der Waals surface area contributed by atoms with Gasteiger partial charge in [0.1, 0.15) is 0 Å². The van der Waals surface area contributed by atoms with Gasteiger partial charge in [-0.3, -0.25) is 9.78 Å².